The van der Waals surface area contributed by atoms with E-state index >= 15 is 0 Å². The van der Waals surface area contributed by atoms with Gasteiger partial charge in [-0.15, -0.1) is 5.10 Å². The highest BCUT2D eigenvalue weighted by Crippen LogP contribution is 2.47. The van der Waals surface area contributed by atoms with E-state index < -0.39 is 18.0 Å². The van der Waals surface area contributed by atoms with Gasteiger partial charge in [-0.05, 0) is 12.1 Å². The van der Waals surface area contributed by atoms with E-state index in [0.29, 0.717) is 27.4 Å². The van der Waals surface area contributed by atoms with Gasteiger partial charge in [-0.3, -0.25) is 4.79 Å². The summed E-state index contributed by atoms with van der Waals surface area (Å²) >= 11 is 12.3. The number of fused-ring (bicyclic) bond motifs is 3. The van der Waals surface area contributed by atoms with E-state index in [2.05, 4.69) is 15.4 Å². The number of hydrogen-bond acceptors (Lipinski definition) is 4. The first-order valence-electron chi connectivity index (χ1n) is 8.39. The van der Waals surface area contributed by atoms with E-state index in [1.54, 1.807) is 36.4 Å². The molecule has 1 aliphatic heterocycles. The van der Waals surface area contributed by atoms with Crippen molar-refractivity contribution < 1.29 is 18.0 Å². The summed E-state index contributed by atoms with van der Waals surface area (Å²) in [5, 5.41) is 7.05. The molecule has 0 radical (unpaired) electrons. The van der Waals surface area contributed by atoms with E-state index in [9.17, 15) is 18.0 Å². The van der Waals surface area contributed by atoms with Crippen LogP contribution in [0.15, 0.2) is 48.0 Å². The third-order valence-electron chi connectivity index (χ3n) is 4.85. The monoisotopic (exact) mass is 436 g/mol. The summed E-state index contributed by atoms with van der Waals surface area (Å²) < 4.78 is 40.8. The van der Waals surface area contributed by atoms with Gasteiger partial charge in [0, 0.05) is 26.7 Å². The fourth-order valence-electron chi connectivity index (χ4n) is 3.65. The number of nitrogens with one attached hydrogen (secondary N) is 1. The number of aromatic nitrogens is 3. The van der Waals surface area contributed by atoms with Gasteiger partial charge in [0.15, 0.2) is 5.78 Å². The lowest BCUT2D eigenvalue weighted by Crippen LogP contribution is -2.26. The van der Waals surface area contributed by atoms with Crippen LogP contribution in [-0.2, 0) is 6.18 Å². The van der Waals surface area contributed by atoms with Gasteiger partial charge >= 0.3 is 6.18 Å². The summed E-state index contributed by atoms with van der Waals surface area (Å²) in [7, 11) is 0. The number of rotatable bonds is 1. The average Bonchev–Trinajstić information content (AvgIpc) is 3.21. The number of carbonyl (C=O) groups excluding carboxylic acids is 1. The maximum Gasteiger partial charge on any atom is 0.453 e. The van der Waals surface area contributed by atoms with Crippen LogP contribution in [0.2, 0.25) is 10.0 Å². The lowest BCUT2D eigenvalue weighted by atomic mass is 9.94. The molecule has 10 heteroatoms. The zero-order chi connectivity index (χ0) is 20.5. The number of Topliss-reactive ketones (excluding diaryl/α,β-unsaturated/α-hetero) is 1. The zero-order valence-electron chi connectivity index (χ0n) is 14.3. The Bertz CT molecular complexity index is 1230. The highest BCUT2D eigenvalue weighted by Gasteiger charge is 2.45. The number of hydrogen-bond donors (Lipinski definition) is 1. The molecule has 1 aliphatic carbocycles. The molecule has 1 aromatic heterocycles. The summed E-state index contributed by atoms with van der Waals surface area (Å²) in [6.45, 7) is 0. The summed E-state index contributed by atoms with van der Waals surface area (Å²) in [5.41, 5.74) is 2.08. The Morgan fingerprint density at radius 1 is 1.07 bits per heavy atom. The van der Waals surface area contributed by atoms with Crippen molar-refractivity contribution in [2.24, 2.45) is 0 Å². The van der Waals surface area contributed by atoms with Crippen molar-refractivity contribution in [1.29, 1.82) is 0 Å². The SMILES string of the molecule is O=C1C2=C(Nc3nc(C(F)(F)F)nn3C2c2ccc(Cl)cc2Cl)c2ccccc21. The molecule has 0 amide bonds. The van der Waals surface area contributed by atoms with Crippen LogP contribution in [-0.4, -0.2) is 20.5 Å². The summed E-state index contributed by atoms with van der Waals surface area (Å²) in [6, 6.07) is 10.4. The number of alkyl halides is 3. The van der Waals surface area contributed by atoms with Crippen LogP contribution < -0.4 is 5.32 Å². The summed E-state index contributed by atoms with van der Waals surface area (Å²) in [5.74, 6) is -1.75. The third kappa shape index (κ3) is 2.67. The Balaban J connectivity index is 1.78. The molecular weight excluding hydrogens is 428 g/mol. The quantitative estimate of drug-likeness (QED) is 0.567. The molecule has 2 aliphatic rings. The van der Waals surface area contributed by atoms with Gasteiger partial charge < -0.3 is 5.32 Å². The van der Waals surface area contributed by atoms with Crippen molar-refractivity contribution in [3.63, 3.8) is 0 Å². The van der Waals surface area contributed by atoms with Crippen molar-refractivity contribution >= 4 is 40.6 Å². The molecule has 3 aromatic rings. The molecule has 0 saturated heterocycles. The predicted octanol–water partition coefficient (Wildman–Crippen LogP) is 5.23. The lowest BCUT2D eigenvalue weighted by Gasteiger charge is -2.27. The molecule has 29 heavy (non-hydrogen) atoms. The Morgan fingerprint density at radius 3 is 2.48 bits per heavy atom. The molecule has 1 atom stereocenters. The number of halogens is 5. The zero-order valence-corrected chi connectivity index (χ0v) is 15.8. The summed E-state index contributed by atoms with van der Waals surface area (Å²) in [6.07, 6.45) is -4.74. The van der Waals surface area contributed by atoms with Crippen LogP contribution in [0.1, 0.15) is 33.4 Å². The van der Waals surface area contributed by atoms with Crippen LogP contribution in [0.3, 0.4) is 0 Å². The highest BCUT2D eigenvalue weighted by molar-refractivity contribution is 6.35. The Hall–Kier alpha value is -2.84. The van der Waals surface area contributed by atoms with E-state index in [4.69, 9.17) is 23.2 Å². The molecule has 5 rings (SSSR count). The van der Waals surface area contributed by atoms with Gasteiger partial charge in [0.05, 0.1) is 11.3 Å². The number of anilines is 1. The molecule has 146 valence electrons. The smallest absolute Gasteiger partial charge is 0.323 e. The fourth-order valence-corrected chi connectivity index (χ4v) is 4.16. The number of allylic oxidation sites excluding steroid dienone is 1. The van der Waals surface area contributed by atoms with Gasteiger partial charge in [0.1, 0.15) is 6.04 Å². The molecule has 0 saturated carbocycles. The van der Waals surface area contributed by atoms with Gasteiger partial charge in [-0.25, -0.2) is 4.68 Å². The van der Waals surface area contributed by atoms with Crippen LogP contribution >= 0.6 is 23.2 Å². The first-order chi connectivity index (χ1) is 13.8. The first-order valence-corrected chi connectivity index (χ1v) is 9.15. The van der Waals surface area contributed by atoms with Crippen LogP contribution in [0.5, 0.6) is 0 Å². The van der Waals surface area contributed by atoms with Crippen molar-refractivity contribution in [2.75, 3.05) is 5.32 Å². The van der Waals surface area contributed by atoms with Crippen LogP contribution in [0.25, 0.3) is 5.70 Å². The van der Waals surface area contributed by atoms with Gasteiger partial charge in [0.2, 0.25) is 5.95 Å². The molecule has 2 aromatic carbocycles. The molecular formula is C19H9Cl2F3N4O. The van der Waals surface area contributed by atoms with Crippen molar-refractivity contribution in [3.05, 3.63) is 80.6 Å². The van der Waals surface area contributed by atoms with Gasteiger partial charge in [0.25, 0.3) is 5.82 Å². The molecule has 0 fully saturated rings. The Morgan fingerprint density at radius 2 is 1.79 bits per heavy atom. The average molecular weight is 437 g/mol. The minimum absolute atomic E-state index is 0.128. The number of benzene rings is 2. The third-order valence-corrected chi connectivity index (χ3v) is 5.41. The standard InChI is InChI=1S/C19H9Cl2F3N4O/c20-8-5-6-11(12(21)7-8)15-13-14(9-3-1-2-4-10(9)16(13)29)25-18-26-17(19(22,23)24)27-28(15)18/h1-7,15H,(H,25,26,27). The second-order valence-electron chi connectivity index (χ2n) is 6.56. The maximum absolute atomic E-state index is 13.3. The Labute approximate surface area is 171 Å². The van der Waals surface area contributed by atoms with Crippen LogP contribution in [0, 0.1) is 0 Å². The fraction of sp³-hybridized carbons (Fsp3) is 0.105. The number of ketones is 1. The Kier molecular flexibility index (Phi) is 3.81. The second kappa shape index (κ2) is 6.08. The van der Waals surface area contributed by atoms with E-state index in [0.717, 1.165) is 4.68 Å². The normalized spacial score (nSPS) is 17.7. The second-order valence-corrected chi connectivity index (χ2v) is 7.40. The molecule has 1 N–H and O–H groups in total. The number of carbonyl (C=O) groups is 1. The predicted molar refractivity (Wildman–Crippen MR) is 101 cm³/mol. The van der Waals surface area contributed by atoms with Crippen molar-refractivity contribution in [3.8, 4) is 0 Å². The molecule has 2 heterocycles. The highest BCUT2D eigenvalue weighted by atomic mass is 35.5. The minimum atomic E-state index is -4.74. The van der Waals surface area contributed by atoms with Crippen molar-refractivity contribution in [1.82, 2.24) is 14.8 Å². The lowest BCUT2D eigenvalue weighted by molar-refractivity contribution is -0.145. The van der Waals surface area contributed by atoms with Crippen molar-refractivity contribution in [2.45, 2.75) is 12.2 Å². The summed E-state index contributed by atoms with van der Waals surface area (Å²) in [4.78, 5) is 16.8. The van der Waals surface area contributed by atoms with Gasteiger partial charge in [-0.1, -0.05) is 53.5 Å². The molecule has 0 spiro atoms. The van der Waals surface area contributed by atoms with E-state index in [-0.39, 0.29) is 22.3 Å². The van der Waals surface area contributed by atoms with E-state index in [1.807, 2.05) is 0 Å². The van der Waals surface area contributed by atoms with Crippen LogP contribution in [0.4, 0.5) is 19.1 Å². The minimum Gasteiger partial charge on any atom is -0.323 e. The van der Waals surface area contributed by atoms with Gasteiger partial charge in [-0.2, -0.15) is 18.2 Å². The topological polar surface area (TPSA) is 59.8 Å². The van der Waals surface area contributed by atoms with E-state index in [1.165, 1.54) is 6.07 Å². The molecule has 5 nitrogen and oxygen atoms in total. The molecule has 1 unspecified atom stereocenters. The number of nitrogens with zero attached hydrogens (tertiary/aromatic N) is 3. The largest absolute Gasteiger partial charge is 0.453 e. The maximum atomic E-state index is 13.3. The first kappa shape index (κ1) is 18.2. The molecule has 0 bridgehead atoms.